The van der Waals surface area contributed by atoms with Crippen molar-refractivity contribution in [2.45, 2.75) is 12.8 Å². The zero-order valence-corrected chi connectivity index (χ0v) is 11.6. The maximum atomic E-state index is 12.8. The van der Waals surface area contributed by atoms with Gasteiger partial charge in [-0.1, -0.05) is 24.3 Å². The molecule has 0 aliphatic carbocycles. The van der Waals surface area contributed by atoms with Crippen LogP contribution in [0, 0.1) is 5.82 Å². The molecule has 2 rings (SSSR count). The Balaban J connectivity index is 2.02. The van der Waals surface area contributed by atoms with Gasteiger partial charge < -0.3 is 4.74 Å². The lowest BCUT2D eigenvalue weighted by atomic mass is 10.0. The summed E-state index contributed by atoms with van der Waals surface area (Å²) in [6, 6.07) is 12.6. The maximum absolute atomic E-state index is 12.8. The molecule has 0 spiro atoms. The number of methoxy groups -OCH3 is 1. The molecule has 0 N–H and O–H groups in total. The summed E-state index contributed by atoms with van der Waals surface area (Å²) in [5.41, 5.74) is 1.94. The molecule has 3 nitrogen and oxygen atoms in total. The van der Waals surface area contributed by atoms with Gasteiger partial charge in [-0.05, 0) is 35.4 Å². The molecule has 2 aromatic carbocycles. The molecule has 0 bridgehead atoms. The summed E-state index contributed by atoms with van der Waals surface area (Å²) in [7, 11) is 1.31. The van der Waals surface area contributed by atoms with Gasteiger partial charge in [-0.15, -0.1) is 0 Å². The molecule has 0 amide bonds. The molecule has 2 aromatic rings. The van der Waals surface area contributed by atoms with E-state index in [1.54, 1.807) is 36.4 Å². The van der Waals surface area contributed by atoms with Crippen molar-refractivity contribution in [2.24, 2.45) is 0 Å². The normalized spacial score (nSPS) is 10.2. The number of carbonyl (C=O) groups is 2. The second kappa shape index (κ2) is 6.79. The van der Waals surface area contributed by atoms with Crippen LogP contribution in [-0.2, 0) is 22.4 Å². The van der Waals surface area contributed by atoms with Crippen molar-refractivity contribution in [3.05, 3.63) is 71.0 Å². The Labute approximate surface area is 122 Å². The second-order valence-corrected chi connectivity index (χ2v) is 4.71. The van der Waals surface area contributed by atoms with Crippen molar-refractivity contribution >= 4 is 11.8 Å². The predicted molar refractivity (Wildman–Crippen MR) is 76.6 cm³/mol. The highest BCUT2D eigenvalue weighted by atomic mass is 19.1. The third kappa shape index (κ3) is 4.24. The van der Waals surface area contributed by atoms with E-state index in [0.29, 0.717) is 5.56 Å². The lowest BCUT2D eigenvalue weighted by Crippen LogP contribution is -2.08. The number of carbonyl (C=O) groups excluding carboxylic acids is 2. The van der Waals surface area contributed by atoms with Crippen LogP contribution in [0.4, 0.5) is 4.39 Å². The van der Waals surface area contributed by atoms with Gasteiger partial charge in [0.15, 0.2) is 0 Å². The van der Waals surface area contributed by atoms with Crippen LogP contribution in [-0.4, -0.2) is 18.9 Å². The van der Waals surface area contributed by atoms with Gasteiger partial charge in [0.2, 0.25) is 0 Å². The number of hydrogen-bond donors (Lipinski definition) is 0. The standard InChI is InChI=1S/C17H15FO3/c1-21-17(20)14-4-2-3-13(9-14)11-16(19)10-12-5-7-15(18)8-6-12/h2-9H,10-11H2,1H3. The SMILES string of the molecule is COC(=O)c1cccc(CC(=O)Cc2ccc(F)cc2)c1. The van der Waals surface area contributed by atoms with Gasteiger partial charge in [0.25, 0.3) is 0 Å². The van der Waals surface area contributed by atoms with Crippen LogP contribution in [0.5, 0.6) is 0 Å². The lowest BCUT2D eigenvalue weighted by molar-refractivity contribution is -0.117. The zero-order valence-electron chi connectivity index (χ0n) is 11.6. The first-order valence-corrected chi connectivity index (χ1v) is 6.52. The largest absolute Gasteiger partial charge is 0.465 e. The Morgan fingerprint density at radius 1 is 1.00 bits per heavy atom. The quantitative estimate of drug-likeness (QED) is 0.794. The van der Waals surface area contributed by atoms with Crippen LogP contribution in [0.1, 0.15) is 21.5 Å². The van der Waals surface area contributed by atoms with Gasteiger partial charge in [-0.2, -0.15) is 0 Å². The average Bonchev–Trinajstić information content (AvgIpc) is 2.49. The molecule has 0 aliphatic heterocycles. The fraction of sp³-hybridized carbons (Fsp3) is 0.176. The number of ketones is 1. The van der Waals surface area contributed by atoms with Crippen molar-refractivity contribution in [3.8, 4) is 0 Å². The Hall–Kier alpha value is -2.49. The van der Waals surface area contributed by atoms with Crippen LogP contribution in [0.3, 0.4) is 0 Å². The highest BCUT2D eigenvalue weighted by molar-refractivity contribution is 5.90. The molecule has 21 heavy (non-hydrogen) atoms. The summed E-state index contributed by atoms with van der Waals surface area (Å²) >= 11 is 0. The molecule has 0 atom stereocenters. The molecular formula is C17H15FO3. The van der Waals surface area contributed by atoms with Crippen LogP contribution < -0.4 is 0 Å². The van der Waals surface area contributed by atoms with Gasteiger partial charge in [0, 0.05) is 12.8 Å². The molecule has 0 aliphatic rings. The molecule has 0 heterocycles. The number of hydrogen-bond acceptors (Lipinski definition) is 3. The van der Waals surface area contributed by atoms with Crippen LogP contribution >= 0.6 is 0 Å². The number of rotatable bonds is 5. The summed E-state index contributed by atoms with van der Waals surface area (Å²) < 4.78 is 17.4. The minimum Gasteiger partial charge on any atom is -0.465 e. The van der Waals surface area contributed by atoms with E-state index in [-0.39, 0.29) is 24.4 Å². The predicted octanol–water partition coefficient (Wildman–Crippen LogP) is 2.97. The monoisotopic (exact) mass is 286 g/mol. The van der Waals surface area contributed by atoms with E-state index < -0.39 is 5.97 Å². The molecular weight excluding hydrogens is 271 g/mol. The fourth-order valence-corrected chi connectivity index (χ4v) is 2.05. The highest BCUT2D eigenvalue weighted by Crippen LogP contribution is 2.10. The topological polar surface area (TPSA) is 43.4 Å². The Morgan fingerprint density at radius 3 is 2.33 bits per heavy atom. The second-order valence-electron chi connectivity index (χ2n) is 4.71. The Morgan fingerprint density at radius 2 is 1.67 bits per heavy atom. The van der Waals surface area contributed by atoms with Crippen molar-refractivity contribution in [3.63, 3.8) is 0 Å². The first kappa shape index (κ1) is 14.9. The molecule has 0 saturated carbocycles. The molecule has 0 fully saturated rings. The number of esters is 1. The molecule has 0 radical (unpaired) electrons. The minimum atomic E-state index is -0.428. The zero-order chi connectivity index (χ0) is 15.2. The Kier molecular flexibility index (Phi) is 4.82. The van der Waals surface area contributed by atoms with Gasteiger partial charge in [0.05, 0.1) is 12.7 Å². The molecule has 0 unspecified atom stereocenters. The van der Waals surface area contributed by atoms with Crippen molar-refractivity contribution in [1.82, 2.24) is 0 Å². The van der Waals surface area contributed by atoms with E-state index in [0.717, 1.165) is 11.1 Å². The van der Waals surface area contributed by atoms with Crippen LogP contribution in [0.25, 0.3) is 0 Å². The summed E-state index contributed by atoms with van der Waals surface area (Å²) in [5.74, 6) is -0.747. The number of Topliss-reactive ketones (excluding diaryl/α,β-unsaturated/α-hetero) is 1. The average molecular weight is 286 g/mol. The number of ether oxygens (including phenoxy) is 1. The van der Waals surface area contributed by atoms with Crippen LogP contribution in [0.2, 0.25) is 0 Å². The first-order chi connectivity index (χ1) is 10.1. The molecule has 0 aromatic heterocycles. The van der Waals surface area contributed by atoms with Gasteiger partial charge in [-0.25, -0.2) is 9.18 Å². The van der Waals surface area contributed by atoms with Gasteiger partial charge in [-0.3, -0.25) is 4.79 Å². The number of benzene rings is 2. The molecule has 0 saturated heterocycles. The molecule has 4 heteroatoms. The first-order valence-electron chi connectivity index (χ1n) is 6.52. The van der Waals surface area contributed by atoms with Gasteiger partial charge in [0.1, 0.15) is 11.6 Å². The summed E-state index contributed by atoms with van der Waals surface area (Å²) in [6.45, 7) is 0. The third-order valence-electron chi connectivity index (χ3n) is 3.06. The summed E-state index contributed by atoms with van der Waals surface area (Å²) in [5, 5.41) is 0. The smallest absolute Gasteiger partial charge is 0.337 e. The van der Waals surface area contributed by atoms with E-state index in [1.807, 2.05) is 0 Å². The summed E-state index contributed by atoms with van der Waals surface area (Å²) in [4.78, 5) is 23.4. The van der Waals surface area contributed by atoms with E-state index >= 15 is 0 Å². The summed E-state index contributed by atoms with van der Waals surface area (Å²) in [6.07, 6.45) is 0.463. The Bertz CT molecular complexity index is 647. The van der Waals surface area contributed by atoms with E-state index in [1.165, 1.54) is 19.2 Å². The lowest BCUT2D eigenvalue weighted by Gasteiger charge is -2.04. The van der Waals surface area contributed by atoms with E-state index in [4.69, 9.17) is 0 Å². The van der Waals surface area contributed by atoms with Crippen molar-refractivity contribution in [1.29, 1.82) is 0 Å². The number of halogens is 1. The van der Waals surface area contributed by atoms with Gasteiger partial charge >= 0.3 is 5.97 Å². The fourth-order valence-electron chi connectivity index (χ4n) is 2.05. The molecule has 108 valence electrons. The highest BCUT2D eigenvalue weighted by Gasteiger charge is 2.09. The van der Waals surface area contributed by atoms with E-state index in [9.17, 15) is 14.0 Å². The van der Waals surface area contributed by atoms with Crippen molar-refractivity contribution in [2.75, 3.05) is 7.11 Å². The maximum Gasteiger partial charge on any atom is 0.337 e. The van der Waals surface area contributed by atoms with Crippen LogP contribution in [0.15, 0.2) is 48.5 Å². The van der Waals surface area contributed by atoms with E-state index in [2.05, 4.69) is 4.74 Å². The third-order valence-corrected chi connectivity index (χ3v) is 3.06. The van der Waals surface area contributed by atoms with Crippen molar-refractivity contribution < 1.29 is 18.7 Å². The minimum absolute atomic E-state index is 0.00336.